The molecule has 0 saturated carbocycles. The van der Waals surface area contributed by atoms with Gasteiger partial charge in [0.1, 0.15) is 10.3 Å². The van der Waals surface area contributed by atoms with Gasteiger partial charge in [0.2, 0.25) is 5.91 Å². The number of hydrogen-bond acceptors (Lipinski definition) is 5. The Hall–Kier alpha value is -2.21. The van der Waals surface area contributed by atoms with Crippen molar-refractivity contribution < 1.29 is 13.2 Å². The number of carbonyl (C=O) groups excluding carboxylic acids is 1. The lowest BCUT2D eigenvalue weighted by Crippen LogP contribution is -2.34. The molecule has 22 heavy (non-hydrogen) atoms. The first-order valence-corrected chi connectivity index (χ1v) is 8.56. The zero-order valence-corrected chi connectivity index (χ0v) is 13.3. The maximum atomic E-state index is 12.2. The molecule has 0 unspecified atom stereocenters. The molecule has 0 bridgehead atoms. The Bertz CT molecular complexity index is 808. The molecule has 0 aliphatic heterocycles. The summed E-state index contributed by atoms with van der Waals surface area (Å²) in [7, 11) is -2.33. The van der Waals surface area contributed by atoms with Crippen LogP contribution in [0.4, 0.5) is 5.69 Å². The van der Waals surface area contributed by atoms with Crippen LogP contribution in [-0.2, 0) is 14.8 Å². The monoisotopic (exact) mass is 335 g/mol. The molecule has 0 atom stereocenters. The summed E-state index contributed by atoms with van der Waals surface area (Å²) in [5, 5.41) is 13.2. The average Bonchev–Trinajstić information content (AvgIpc) is 3.02. The first-order valence-electron chi connectivity index (χ1n) is 6.24. The van der Waals surface area contributed by atoms with Crippen LogP contribution in [0.25, 0.3) is 0 Å². The van der Waals surface area contributed by atoms with Crippen molar-refractivity contribution in [2.75, 3.05) is 18.9 Å². The molecule has 0 spiro atoms. The minimum absolute atomic E-state index is 0.181. The average molecular weight is 335 g/mol. The van der Waals surface area contributed by atoms with Gasteiger partial charge in [-0.15, -0.1) is 11.3 Å². The number of nitrogens with one attached hydrogen (secondary N) is 1. The van der Waals surface area contributed by atoms with Crippen LogP contribution in [0.1, 0.15) is 5.56 Å². The maximum absolute atomic E-state index is 12.2. The summed E-state index contributed by atoms with van der Waals surface area (Å²) in [6.45, 7) is -0.333. The van der Waals surface area contributed by atoms with Gasteiger partial charge in [-0.05, 0) is 23.6 Å². The van der Waals surface area contributed by atoms with E-state index in [2.05, 4.69) is 5.32 Å². The van der Waals surface area contributed by atoms with E-state index in [1.807, 2.05) is 6.07 Å². The second kappa shape index (κ2) is 6.70. The summed E-state index contributed by atoms with van der Waals surface area (Å²) in [4.78, 5) is 12.0. The van der Waals surface area contributed by atoms with E-state index in [0.29, 0.717) is 11.3 Å². The van der Waals surface area contributed by atoms with Gasteiger partial charge in [-0.2, -0.15) is 9.57 Å². The highest BCUT2D eigenvalue weighted by atomic mass is 32.2. The van der Waals surface area contributed by atoms with Gasteiger partial charge in [-0.1, -0.05) is 18.2 Å². The molecule has 1 aromatic heterocycles. The van der Waals surface area contributed by atoms with E-state index in [9.17, 15) is 13.2 Å². The highest BCUT2D eigenvalue weighted by molar-refractivity contribution is 7.91. The first kappa shape index (κ1) is 16.2. The number of hydrogen-bond donors (Lipinski definition) is 1. The van der Waals surface area contributed by atoms with Crippen molar-refractivity contribution in [1.82, 2.24) is 4.31 Å². The molecule has 0 aliphatic rings. The van der Waals surface area contributed by atoms with Gasteiger partial charge >= 0.3 is 0 Å². The van der Waals surface area contributed by atoms with Crippen LogP contribution in [0.15, 0.2) is 46.0 Å². The molecule has 1 aromatic carbocycles. The van der Waals surface area contributed by atoms with Gasteiger partial charge < -0.3 is 5.32 Å². The van der Waals surface area contributed by atoms with Crippen LogP contribution in [0.3, 0.4) is 0 Å². The molecule has 2 rings (SSSR count). The number of likely N-dealkylation sites (N-methyl/N-ethyl adjacent to an activating group) is 1. The van der Waals surface area contributed by atoms with Crippen molar-refractivity contribution in [3.8, 4) is 6.07 Å². The summed E-state index contributed by atoms with van der Waals surface area (Å²) >= 11 is 1.09. The lowest BCUT2D eigenvalue weighted by atomic mass is 10.2. The Kier molecular flexibility index (Phi) is 4.92. The largest absolute Gasteiger partial charge is 0.324 e. The Morgan fingerprint density at radius 2 is 2.05 bits per heavy atom. The molecule has 2 aromatic rings. The van der Waals surface area contributed by atoms with Crippen molar-refractivity contribution in [2.45, 2.75) is 4.21 Å². The Morgan fingerprint density at radius 3 is 2.68 bits per heavy atom. The number of carbonyl (C=O) groups is 1. The Labute approximate surface area is 132 Å². The topological polar surface area (TPSA) is 90.3 Å². The predicted octanol–water partition coefficient (Wildman–Crippen LogP) is 1.88. The van der Waals surface area contributed by atoms with Crippen LogP contribution in [0, 0.1) is 11.3 Å². The smallest absolute Gasteiger partial charge is 0.252 e. The fourth-order valence-electron chi connectivity index (χ4n) is 1.73. The number of amides is 1. The van der Waals surface area contributed by atoms with Crippen molar-refractivity contribution in [3.05, 3.63) is 47.3 Å². The molecule has 0 fully saturated rings. The number of sulfonamides is 1. The molecule has 6 nitrogen and oxygen atoms in total. The summed E-state index contributed by atoms with van der Waals surface area (Å²) in [5.74, 6) is -0.509. The number of nitrogens with zero attached hydrogens (tertiary/aromatic N) is 2. The standard InChI is InChI=1S/C14H13N3O3S2/c1-17(22(19,20)14-7-4-8-21-14)10-13(18)16-12-6-3-2-5-11(12)9-15/h2-8H,10H2,1H3,(H,16,18). The van der Waals surface area contributed by atoms with E-state index >= 15 is 0 Å². The molecule has 0 radical (unpaired) electrons. The molecule has 8 heteroatoms. The minimum atomic E-state index is -3.67. The molecular formula is C14H13N3O3S2. The van der Waals surface area contributed by atoms with Crippen LogP contribution in [-0.4, -0.2) is 32.2 Å². The summed E-state index contributed by atoms with van der Waals surface area (Å²) < 4.78 is 25.6. The minimum Gasteiger partial charge on any atom is -0.324 e. The molecule has 1 N–H and O–H groups in total. The molecular weight excluding hydrogens is 322 g/mol. The van der Waals surface area contributed by atoms with Gasteiger partial charge in [0.05, 0.1) is 17.8 Å². The van der Waals surface area contributed by atoms with Crippen LogP contribution < -0.4 is 5.32 Å². The highest BCUT2D eigenvalue weighted by Crippen LogP contribution is 2.20. The fraction of sp³-hybridized carbons (Fsp3) is 0.143. The van der Waals surface area contributed by atoms with Crippen LogP contribution in [0.5, 0.6) is 0 Å². The summed E-state index contributed by atoms with van der Waals surface area (Å²) in [5.41, 5.74) is 0.677. The molecule has 0 aliphatic carbocycles. The van der Waals surface area contributed by atoms with Gasteiger partial charge in [0.15, 0.2) is 0 Å². The fourth-order valence-corrected chi connectivity index (χ4v) is 4.06. The second-order valence-corrected chi connectivity index (χ2v) is 7.62. The normalized spacial score (nSPS) is 11.1. The van der Waals surface area contributed by atoms with E-state index in [4.69, 9.17) is 5.26 Å². The van der Waals surface area contributed by atoms with Gasteiger partial charge in [0, 0.05) is 7.05 Å². The lowest BCUT2D eigenvalue weighted by molar-refractivity contribution is -0.116. The quantitative estimate of drug-likeness (QED) is 0.903. The maximum Gasteiger partial charge on any atom is 0.252 e. The Balaban J connectivity index is 2.08. The predicted molar refractivity (Wildman–Crippen MR) is 83.9 cm³/mol. The van der Waals surface area contributed by atoms with Gasteiger partial charge in [-0.3, -0.25) is 4.79 Å². The second-order valence-electron chi connectivity index (χ2n) is 4.40. The zero-order valence-electron chi connectivity index (χ0n) is 11.7. The van der Waals surface area contributed by atoms with Crippen molar-refractivity contribution >= 4 is 33.0 Å². The highest BCUT2D eigenvalue weighted by Gasteiger charge is 2.24. The third kappa shape index (κ3) is 3.51. The van der Waals surface area contributed by atoms with E-state index in [1.165, 1.54) is 13.1 Å². The zero-order chi connectivity index (χ0) is 16.2. The summed E-state index contributed by atoms with van der Waals surface area (Å²) in [6, 6.07) is 11.6. The molecule has 0 saturated heterocycles. The van der Waals surface area contributed by atoms with Crippen LogP contribution in [0.2, 0.25) is 0 Å². The van der Waals surface area contributed by atoms with E-state index in [1.54, 1.807) is 35.7 Å². The molecule has 1 heterocycles. The third-order valence-electron chi connectivity index (χ3n) is 2.85. The third-order valence-corrected chi connectivity index (χ3v) is 6.02. The van der Waals surface area contributed by atoms with Crippen LogP contribution >= 0.6 is 11.3 Å². The number of thiophene rings is 1. The summed E-state index contributed by atoms with van der Waals surface area (Å²) in [6.07, 6.45) is 0. The number of rotatable bonds is 5. The van der Waals surface area contributed by atoms with Gasteiger partial charge in [-0.25, -0.2) is 8.42 Å². The van der Waals surface area contributed by atoms with Gasteiger partial charge in [0.25, 0.3) is 10.0 Å². The first-order chi connectivity index (χ1) is 10.4. The van der Waals surface area contributed by atoms with Crippen molar-refractivity contribution in [2.24, 2.45) is 0 Å². The van der Waals surface area contributed by atoms with E-state index in [0.717, 1.165) is 15.6 Å². The lowest BCUT2D eigenvalue weighted by Gasteiger charge is -2.16. The van der Waals surface area contributed by atoms with Crippen molar-refractivity contribution in [1.29, 1.82) is 5.26 Å². The molecule has 114 valence electrons. The SMILES string of the molecule is CN(CC(=O)Nc1ccccc1C#N)S(=O)(=O)c1cccs1. The van der Waals surface area contributed by atoms with E-state index < -0.39 is 15.9 Å². The number of anilines is 1. The molecule has 1 amide bonds. The number of para-hydroxylation sites is 1. The Morgan fingerprint density at radius 1 is 1.32 bits per heavy atom. The number of benzene rings is 1. The van der Waals surface area contributed by atoms with E-state index in [-0.39, 0.29) is 10.8 Å². The number of nitriles is 1. The van der Waals surface area contributed by atoms with Crippen molar-refractivity contribution in [3.63, 3.8) is 0 Å².